The van der Waals surface area contributed by atoms with Gasteiger partial charge in [0.1, 0.15) is 5.41 Å². The number of oxime groups is 1. The van der Waals surface area contributed by atoms with Gasteiger partial charge >= 0.3 is 0 Å². The molecule has 0 spiro atoms. The normalized spacial score (nSPS) is 17.5. The minimum Gasteiger partial charge on any atom is -0.409 e. The number of nitrogens with zero attached hydrogens (tertiary/aromatic N) is 2. The van der Waals surface area contributed by atoms with Gasteiger partial charge in [-0.15, -0.1) is 0 Å². The lowest BCUT2D eigenvalue weighted by Crippen LogP contribution is -2.40. The summed E-state index contributed by atoms with van der Waals surface area (Å²) in [5.41, 5.74) is 5.63. The van der Waals surface area contributed by atoms with Gasteiger partial charge in [0.05, 0.1) is 0 Å². The quantitative estimate of drug-likeness (QED) is 0.300. The number of aromatic nitrogens is 1. The highest BCUT2D eigenvalue weighted by Gasteiger charge is 2.54. The second-order valence-corrected chi connectivity index (χ2v) is 4.11. The Morgan fingerprint density at radius 2 is 2.41 bits per heavy atom. The molecule has 1 aliphatic rings. The maximum Gasteiger partial charge on any atom is 0.234 e. The number of nitrogens with two attached hydrogens (primary N) is 1. The Labute approximate surface area is 98.5 Å². The molecule has 0 saturated heterocycles. The molecule has 4 N–H and O–H groups in total. The van der Waals surface area contributed by atoms with Crippen LogP contribution >= 0.6 is 0 Å². The van der Waals surface area contributed by atoms with Gasteiger partial charge < -0.3 is 16.3 Å². The van der Waals surface area contributed by atoms with Crippen LogP contribution < -0.4 is 11.1 Å². The molecule has 1 heterocycles. The predicted octanol–water partition coefficient (Wildman–Crippen LogP) is 0.224. The van der Waals surface area contributed by atoms with Gasteiger partial charge in [0.25, 0.3) is 0 Å². The largest absolute Gasteiger partial charge is 0.409 e. The number of hydrogen-bond acceptors (Lipinski definition) is 4. The van der Waals surface area contributed by atoms with Crippen LogP contribution in [0, 0.1) is 5.41 Å². The molecule has 1 amide bonds. The average Bonchev–Trinajstić information content (AvgIpc) is 3.17. The van der Waals surface area contributed by atoms with E-state index in [0.717, 1.165) is 5.56 Å². The number of pyridine rings is 1. The molecule has 90 valence electrons. The van der Waals surface area contributed by atoms with E-state index in [-0.39, 0.29) is 11.7 Å². The molecule has 0 unspecified atom stereocenters. The Hall–Kier alpha value is -2.11. The molecule has 17 heavy (non-hydrogen) atoms. The lowest BCUT2D eigenvalue weighted by Gasteiger charge is -2.13. The first-order valence-corrected chi connectivity index (χ1v) is 5.34. The van der Waals surface area contributed by atoms with Crippen LogP contribution in [-0.2, 0) is 11.3 Å². The fraction of sp³-hybridized carbons (Fsp3) is 0.364. The van der Waals surface area contributed by atoms with Gasteiger partial charge in [0.2, 0.25) is 5.91 Å². The molecule has 1 fully saturated rings. The monoisotopic (exact) mass is 234 g/mol. The van der Waals surface area contributed by atoms with E-state index < -0.39 is 5.41 Å². The zero-order valence-electron chi connectivity index (χ0n) is 9.26. The van der Waals surface area contributed by atoms with Gasteiger partial charge in [-0.3, -0.25) is 9.78 Å². The molecule has 0 radical (unpaired) electrons. The van der Waals surface area contributed by atoms with Crippen LogP contribution in [0.4, 0.5) is 0 Å². The summed E-state index contributed by atoms with van der Waals surface area (Å²) in [5.74, 6) is -0.210. The number of carbonyl (C=O) groups is 1. The maximum atomic E-state index is 11.9. The van der Waals surface area contributed by atoms with Crippen LogP contribution in [0.5, 0.6) is 0 Å². The third-order valence-corrected chi connectivity index (χ3v) is 2.96. The van der Waals surface area contributed by atoms with Gasteiger partial charge in [-0.1, -0.05) is 11.2 Å². The number of amidine groups is 1. The zero-order valence-corrected chi connectivity index (χ0v) is 9.26. The molecular weight excluding hydrogens is 220 g/mol. The van der Waals surface area contributed by atoms with Crippen molar-refractivity contribution < 1.29 is 10.0 Å². The standard InChI is InChI=1S/C11H14N4O2/c12-9(15-17)11(3-4-11)10(16)14-7-8-2-1-5-13-6-8/h1-2,5-6,17H,3-4,7H2,(H2,12,15)(H,14,16). The summed E-state index contributed by atoms with van der Waals surface area (Å²) in [5, 5.41) is 14.3. The van der Waals surface area contributed by atoms with E-state index in [2.05, 4.69) is 15.5 Å². The fourth-order valence-electron chi connectivity index (χ4n) is 1.67. The Balaban J connectivity index is 1.95. The lowest BCUT2D eigenvalue weighted by atomic mass is 10.1. The summed E-state index contributed by atoms with van der Waals surface area (Å²) in [6, 6.07) is 3.67. The summed E-state index contributed by atoms with van der Waals surface area (Å²) < 4.78 is 0. The van der Waals surface area contributed by atoms with Gasteiger partial charge in [-0.25, -0.2) is 0 Å². The van der Waals surface area contributed by atoms with Crippen LogP contribution in [0.15, 0.2) is 29.7 Å². The number of carbonyl (C=O) groups excluding carboxylic acids is 1. The van der Waals surface area contributed by atoms with Crippen LogP contribution in [0.25, 0.3) is 0 Å². The average molecular weight is 234 g/mol. The second kappa shape index (κ2) is 4.40. The molecule has 0 aromatic carbocycles. The van der Waals surface area contributed by atoms with Crippen LogP contribution in [0.3, 0.4) is 0 Å². The van der Waals surface area contributed by atoms with Gasteiger partial charge in [-0.05, 0) is 24.5 Å². The molecule has 1 aromatic heterocycles. The van der Waals surface area contributed by atoms with Gasteiger partial charge in [0, 0.05) is 18.9 Å². The number of rotatable bonds is 4. The molecule has 1 aliphatic carbocycles. The Kier molecular flexibility index (Phi) is 2.95. The number of amides is 1. The van der Waals surface area contributed by atoms with Crippen molar-refractivity contribution in [3.63, 3.8) is 0 Å². The topological polar surface area (TPSA) is 101 Å². The first kappa shape index (κ1) is 11.4. The van der Waals surface area contributed by atoms with Gasteiger partial charge in [-0.2, -0.15) is 0 Å². The van der Waals surface area contributed by atoms with Gasteiger partial charge in [0.15, 0.2) is 5.84 Å². The van der Waals surface area contributed by atoms with E-state index in [9.17, 15) is 4.79 Å². The SMILES string of the molecule is N/C(=N/O)C1(C(=O)NCc2cccnc2)CC1. The molecule has 1 aromatic rings. The summed E-state index contributed by atoms with van der Waals surface area (Å²) in [6.07, 6.45) is 4.61. The Morgan fingerprint density at radius 3 is 2.94 bits per heavy atom. The van der Waals surface area contributed by atoms with Crippen LogP contribution in [-0.4, -0.2) is 21.9 Å². The summed E-state index contributed by atoms with van der Waals surface area (Å²) >= 11 is 0. The first-order valence-electron chi connectivity index (χ1n) is 5.34. The third-order valence-electron chi connectivity index (χ3n) is 2.96. The van der Waals surface area contributed by atoms with Crippen molar-refractivity contribution in [2.24, 2.45) is 16.3 Å². The number of nitrogens with one attached hydrogen (secondary N) is 1. The molecule has 0 bridgehead atoms. The molecule has 6 heteroatoms. The smallest absolute Gasteiger partial charge is 0.234 e. The molecule has 0 aliphatic heterocycles. The molecule has 6 nitrogen and oxygen atoms in total. The lowest BCUT2D eigenvalue weighted by molar-refractivity contribution is -0.124. The van der Waals surface area contributed by atoms with Crippen LogP contribution in [0.1, 0.15) is 18.4 Å². The molecular formula is C11H14N4O2. The second-order valence-electron chi connectivity index (χ2n) is 4.11. The van der Waals surface area contributed by atoms with E-state index >= 15 is 0 Å². The van der Waals surface area contributed by atoms with E-state index in [1.807, 2.05) is 6.07 Å². The van der Waals surface area contributed by atoms with E-state index in [1.54, 1.807) is 18.5 Å². The molecule has 2 rings (SSSR count). The zero-order chi connectivity index (χ0) is 12.3. The van der Waals surface area contributed by atoms with E-state index in [1.165, 1.54) is 0 Å². The summed E-state index contributed by atoms with van der Waals surface area (Å²) in [7, 11) is 0. The maximum absolute atomic E-state index is 11.9. The van der Waals surface area contributed by atoms with Crippen molar-refractivity contribution in [1.29, 1.82) is 0 Å². The van der Waals surface area contributed by atoms with Crippen molar-refractivity contribution in [3.05, 3.63) is 30.1 Å². The fourth-order valence-corrected chi connectivity index (χ4v) is 1.67. The van der Waals surface area contributed by atoms with Crippen molar-refractivity contribution in [2.45, 2.75) is 19.4 Å². The highest BCUT2D eigenvalue weighted by Crippen LogP contribution is 2.46. The van der Waals surface area contributed by atoms with E-state index in [0.29, 0.717) is 19.4 Å². The van der Waals surface area contributed by atoms with Crippen molar-refractivity contribution in [1.82, 2.24) is 10.3 Å². The minimum atomic E-state index is -0.795. The van der Waals surface area contributed by atoms with E-state index in [4.69, 9.17) is 10.9 Å². The summed E-state index contributed by atoms with van der Waals surface area (Å²) in [6.45, 7) is 0.396. The predicted molar refractivity (Wildman–Crippen MR) is 61.2 cm³/mol. The Morgan fingerprint density at radius 1 is 1.65 bits per heavy atom. The minimum absolute atomic E-state index is 0.0128. The molecule has 1 saturated carbocycles. The highest BCUT2D eigenvalue weighted by atomic mass is 16.4. The third kappa shape index (κ3) is 2.20. The number of hydrogen-bond donors (Lipinski definition) is 3. The molecule has 0 atom stereocenters. The van der Waals surface area contributed by atoms with Crippen molar-refractivity contribution in [2.75, 3.05) is 0 Å². The van der Waals surface area contributed by atoms with Crippen molar-refractivity contribution in [3.8, 4) is 0 Å². The highest BCUT2D eigenvalue weighted by molar-refractivity contribution is 6.09. The Bertz CT molecular complexity index is 440. The summed E-state index contributed by atoms with van der Waals surface area (Å²) in [4.78, 5) is 15.8. The van der Waals surface area contributed by atoms with Crippen LogP contribution in [0.2, 0.25) is 0 Å². The van der Waals surface area contributed by atoms with Crippen molar-refractivity contribution >= 4 is 11.7 Å². The first-order chi connectivity index (χ1) is 8.19.